The van der Waals surface area contributed by atoms with Crippen molar-refractivity contribution in [1.82, 2.24) is 0 Å². The first-order chi connectivity index (χ1) is 13.1. The van der Waals surface area contributed by atoms with Gasteiger partial charge in [0.1, 0.15) is 10.8 Å². The minimum absolute atomic E-state index is 0.0106. The molecule has 0 atom stereocenters. The lowest BCUT2D eigenvalue weighted by Gasteiger charge is -2.15. The molecule has 0 amide bonds. The molecule has 0 N–H and O–H groups in total. The van der Waals surface area contributed by atoms with Gasteiger partial charge in [-0.3, -0.25) is 4.79 Å². The summed E-state index contributed by atoms with van der Waals surface area (Å²) < 4.78 is 5.79. The van der Waals surface area contributed by atoms with Crippen LogP contribution in [0.25, 0.3) is 32.3 Å². The predicted molar refractivity (Wildman–Crippen MR) is 112 cm³/mol. The summed E-state index contributed by atoms with van der Waals surface area (Å²) >= 11 is 12.1. The van der Waals surface area contributed by atoms with Crippen LogP contribution in [0.3, 0.4) is 0 Å². The second kappa shape index (κ2) is 6.12. The van der Waals surface area contributed by atoms with Crippen LogP contribution in [0.1, 0.15) is 10.4 Å². The Morgan fingerprint density at radius 2 is 1.48 bits per heavy atom. The highest BCUT2D eigenvalue weighted by Crippen LogP contribution is 2.38. The molecule has 0 saturated heterocycles. The summed E-state index contributed by atoms with van der Waals surface area (Å²) in [6.45, 7) is 0. The van der Waals surface area contributed by atoms with Gasteiger partial charge < -0.3 is 4.74 Å². The maximum absolute atomic E-state index is 12.7. The van der Waals surface area contributed by atoms with Gasteiger partial charge in [-0.1, -0.05) is 59.6 Å². The summed E-state index contributed by atoms with van der Waals surface area (Å²) in [5, 5.41) is 6.63. The number of rotatable bonds is 0. The quantitative estimate of drug-likeness (QED) is 0.240. The van der Waals surface area contributed by atoms with Crippen LogP contribution in [-0.4, -0.2) is 5.78 Å². The Balaban J connectivity index is 1.86. The molecule has 2 nitrogen and oxygen atoms in total. The van der Waals surface area contributed by atoms with Crippen molar-refractivity contribution in [2.24, 2.45) is 0 Å². The molecule has 4 aromatic carbocycles. The fourth-order valence-corrected chi connectivity index (χ4v) is 3.87. The van der Waals surface area contributed by atoms with Crippen molar-refractivity contribution in [3.05, 3.63) is 88.6 Å². The molecule has 130 valence electrons. The number of ketones is 1. The Kier molecular flexibility index (Phi) is 3.71. The van der Waals surface area contributed by atoms with Crippen molar-refractivity contribution in [3.8, 4) is 5.75 Å². The van der Waals surface area contributed by atoms with E-state index in [2.05, 4.69) is 24.3 Å². The van der Waals surface area contributed by atoms with E-state index in [1.165, 1.54) is 23.1 Å². The Labute approximate surface area is 165 Å². The minimum Gasteiger partial charge on any atom is -0.464 e. The zero-order valence-corrected chi connectivity index (χ0v) is 15.5. The third-order valence-corrected chi connectivity index (χ3v) is 5.67. The summed E-state index contributed by atoms with van der Waals surface area (Å²) in [6.07, 6.45) is 2.94. The van der Waals surface area contributed by atoms with E-state index in [0.717, 1.165) is 21.5 Å². The largest absolute Gasteiger partial charge is 0.464 e. The van der Waals surface area contributed by atoms with E-state index in [0.29, 0.717) is 11.3 Å². The Morgan fingerprint density at radius 1 is 0.741 bits per heavy atom. The Morgan fingerprint density at radius 3 is 2.30 bits per heavy atom. The number of benzene rings is 4. The zero-order valence-electron chi connectivity index (χ0n) is 14.0. The summed E-state index contributed by atoms with van der Waals surface area (Å²) in [7, 11) is 0. The molecule has 0 aromatic heterocycles. The molecule has 27 heavy (non-hydrogen) atoms. The molecule has 1 aliphatic heterocycles. The van der Waals surface area contributed by atoms with Crippen molar-refractivity contribution in [2.75, 3.05) is 0 Å². The SMILES string of the molecule is O=C1/C(Cl)=C(/Cl)C=COc2c1ccc1c2ccc2cc3ccccc3cc21. The molecule has 0 bridgehead atoms. The number of carbonyl (C=O) groups excluding carboxylic acids is 1. The monoisotopic (exact) mass is 390 g/mol. The fraction of sp³-hybridized carbons (Fsp3) is 0. The van der Waals surface area contributed by atoms with Gasteiger partial charge in [0.05, 0.1) is 16.9 Å². The second-order valence-electron chi connectivity index (χ2n) is 6.44. The second-order valence-corrected chi connectivity index (χ2v) is 7.22. The molecule has 0 fully saturated rings. The van der Waals surface area contributed by atoms with Gasteiger partial charge in [0.15, 0.2) is 0 Å². The van der Waals surface area contributed by atoms with Crippen molar-refractivity contribution < 1.29 is 9.53 Å². The molecular formula is C23H12Cl2O2. The van der Waals surface area contributed by atoms with Gasteiger partial charge in [-0.2, -0.15) is 0 Å². The number of Topliss-reactive ketones (excluding diaryl/α,β-unsaturated/α-hetero) is 1. The summed E-state index contributed by atoms with van der Waals surface area (Å²) in [4.78, 5) is 12.7. The maximum Gasteiger partial charge on any atom is 0.209 e. The number of allylic oxidation sites excluding steroid dienone is 3. The van der Waals surface area contributed by atoms with Crippen LogP contribution >= 0.6 is 23.2 Å². The van der Waals surface area contributed by atoms with Crippen LogP contribution in [0.4, 0.5) is 0 Å². The van der Waals surface area contributed by atoms with E-state index < -0.39 is 0 Å². The van der Waals surface area contributed by atoms with Crippen molar-refractivity contribution in [2.45, 2.75) is 0 Å². The third kappa shape index (κ3) is 2.53. The van der Waals surface area contributed by atoms with Crippen LogP contribution in [0, 0.1) is 0 Å². The number of hydrogen-bond donors (Lipinski definition) is 0. The Bertz CT molecular complexity index is 1330. The zero-order chi connectivity index (χ0) is 18.5. The van der Waals surface area contributed by atoms with E-state index in [4.69, 9.17) is 27.9 Å². The first-order valence-corrected chi connectivity index (χ1v) is 9.20. The molecular weight excluding hydrogens is 379 g/mol. The normalized spacial score (nSPS) is 17.0. The van der Waals surface area contributed by atoms with Gasteiger partial charge in [-0.25, -0.2) is 0 Å². The maximum atomic E-state index is 12.7. The topological polar surface area (TPSA) is 26.3 Å². The molecule has 4 heteroatoms. The van der Waals surface area contributed by atoms with Crippen LogP contribution in [0.5, 0.6) is 5.75 Å². The smallest absolute Gasteiger partial charge is 0.209 e. The molecule has 0 spiro atoms. The molecule has 4 aromatic rings. The van der Waals surface area contributed by atoms with Gasteiger partial charge in [0.25, 0.3) is 0 Å². The van der Waals surface area contributed by atoms with Crippen LogP contribution < -0.4 is 4.74 Å². The summed E-state index contributed by atoms with van der Waals surface area (Å²) in [5.74, 6) is 0.146. The molecule has 1 heterocycles. The lowest BCUT2D eigenvalue weighted by molar-refractivity contribution is 0.103. The predicted octanol–water partition coefficient (Wildman–Crippen LogP) is 6.92. The standard InChI is InChI=1S/C23H12Cl2O2/c24-20-9-10-27-23-17-6-5-15-11-13-3-1-2-4-14(13)12-19(15)16(17)7-8-18(23)22(26)21(20)25/h1-12H/b10-9?,21-20-. The first-order valence-electron chi connectivity index (χ1n) is 8.45. The molecule has 0 unspecified atom stereocenters. The van der Waals surface area contributed by atoms with E-state index in [1.807, 2.05) is 30.3 Å². The van der Waals surface area contributed by atoms with Gasteiger partial charge in [-0.15, -0.1) is 0 Å². The summed E-state index contributed by atoms with van der Waals surface area (Å²) in [6, 6.07) is 20.3. The number of ether oxygens (including phenoxy) is 1. The van der Waals surface area contributed by atoms with Crippen LogP contribution in [0.2, 0.25) is 0 Å². The highest BCUT2D eigenvalue weighted by molar-refractivity contribution is 6.51. The van der Waals surface area contributed by atoms with E-state index >= 15 is 0 Å². The Hall–Kier alpha value is -2.81. The summed E-state index contributed by atoms with van der Waals surface area (Å²) in [5.41, 5.74) is 0.398. The minimum atomic E-state index is -0.346. The number of fused-ring (bicyclic) bond motifs is 6. The van der Waals surface area contributed by atoms with Crippen LogP contribution in [0.15, 0.2) is 83.1 Å². The van der Waals surface area contributed by atoms with E-state index in [1.54, 1.807) is 6.07 Å². The van der Waals surface area contributed by atoms with E-state index in [9.17, 15) is 4.79 Å². The van der Waals surface area contributed by atoms with Crippen molar-refractivity contribution in [1.29, 1.82) is 0 Å². The number of hydrogen-bond acceptors (Lipinski definition) is 2. The highest BCUT2D eigenvalue weighted by Gasteiger charge is 2.22. The molecule has 1 aliphatic rings. The van der Waals surface area contributed by atoms with Gasteiger partial charge in [0.2, 0.25) is 5.78 Å². The number of halogens is 2. The third-order valence-electron chi connectivity index (χ3n) is 4.89. The molecule has 5 rings (SSSR count). The fourth-order valence-electron chi connectivity index (χ4n) is 3.57. The van der Waals surface area contributed by atoms with Gasteiger partial charge in [-0.05, 0) is 57.3 Å². The number of carbonyl (C=O) groups is 1. The average Bonchev–Trinajstić information content (AvgIpc) is 2.70. The van der Waals surface area contributed by atoms with Gasteiger partial charge in [0, 0.05) is 5.39 Å². The molecule has 0 aliphatic carbocycles. The van der Waals surface area contributed by atoms with Crippen LogP contribution in [-0.2, 0) is 0 Å². The van der Waals surface area contributed by atoms with Gasteiger partial charge >= 0.3 is 0 Å². The average molecular weight is 391 g/mol. The van der Waals surface area contributed by atoms with Crippen molar-refractivity contribution >= 4 is 61.3 Å². The molecule has 0 saturated carbocycles. The lowest BCUT2D eigenvalue weighted by Crippen LogP contribution is -2.05. The lowest BCUT2D eigenvalue weighted by atomic mass is 9.95. The first kappa shape index (κ1) is 16.4. The van der Waals surface area contributed by atoms with E-state index in [-0.39, 0.29) is 15.8 Å². The highest BCUT2D eigenvalue weighted by atomic mass is 35.5. The van der Waals surface area contributed by atoms with Crippen molar-refractivity contribution in [3.63, 3.8) is 0 Å². The molecule has 0 radical (unpaired) electrons.